The third-order valence-corrected chi connectivity index (χ3v) is 2.08. The van der Waals surface area contributed by atoms with Crippen LogP contribution in [-0.2, 0) is 11.2 Å². The molecular formula is C12H18N2O. The van der Waals surface area contributed by atoms with Gasteiger partial charge in [0, 0.05) is 5.69 Å². The Morgan fingerprint density at radius 2 is 2.13 bits per heavy atom. The number of hydrogen-bond acceptors (Lipinski definition) is 2. The van der Waals surface area contributed by atoms with Crippen molar-refractivity contribution in [3.8, 4) is 0 Å². The first-order valence-electron chi connectivity index (χ1n) is 5.15. The molecule has 0 saturated carbocycles. The van der Waals surface area contributed by atoms with Crippen LogP contribution in [0.15, 0.2) is 24.3 Å². The number of aryl methyl sites for hydroxylation is 1. The molecule has 1 aromatic rings. The van der Waals surface area contributed by atoms with Crippen molar-refractivity contribution in [2.75, 3.05) is 26.0 Å². The van der Waals surface area contributed by atoms with Gasteiger partial charge in [0.25, 0.3) is 0 Å². The number of carbonyl (C=O) groups excluding carboxylic acids is 1. The van der Waals surface area contributed by atoms with Crippen LogP contribution in [-0.4, -0.2) is 31.4 Å². The van der Waals surface area contributed by atoms with Crippen LogP contribution in [0.4, 0.5) is 5.69 Å². The second-order valence-electron chi connectivity index (χ2n) is 3.84. The molecule has 0 aromatic heterocycles. The van der Waals surface area contributed by atoms with E-state index in [0.717, 1.165) is 12.1 Å². The Morgan fingerprint density at radius 3 is 2.73 bits per heavy atom. The highest BCUT2D eigenvalue weighted by Gasteiger charge is 2.03. The Kier molecular flexibility index (Phi) is 4.31. The first-order chi connectivity index (χ1) is 7.11. The summed E-state index contributed by atoms with van der Waals surface area (Å²) in [7, 11) is 3.75. The van der Waals surface area contributed by atoms with E-state index < -0.39 is 0 Å². The molecule has 0 fully saturated rings. The molecule has 0 aliphatic rings. The van der Waals surface area contributed by atoms with Crippen LogP contribution in [0.2, 0.25) is 0 Å². The normalized spacial score (nSPS) is 10.4. The fourth-order valence-electron chi connectivity index (χ4n) is 1.36. The van der Waals surface area contributed by atoms with Gasteiger partial charge in [-0.15, -0.1) is 0 Å². The standard InChI is InChI=1S/C12H18N2O/c1-4-10-6-5-7-11(8-10)13-12(15)9-14(2)3/h5-8H,4,9H2,1-3H3,(H,13,15). The van der Waals surface area contributed by atoms with Gasteiger partial charge in [0.15, 0.2) is 0 Å². The Labute approximate surface area is 91.1 Å². The summed E-state index contributed by atoms with van der Waals surface area (Å²) in [6.07, 6.45) is 0.984. The maximum Gasteiger partial charge on any atom is 0.238 e. The van der Waals surface area contributed by atoms with Crippen molar-refractivity contribution in [1.82, 2.24) is 4.90 Å². The fraction of sp³-hybridized carbons (Fsp3) is 0.417. The Hall–Kier alpha value is -1.35. The lowest BCUT2D eigenvalue weighted by Crippen LogP contribution is -2.27. The second kappa shape index (κ2) is 5.51. The van der Waals surface area contributed by atoms with Crippen LogP contribution in [0, 0.1) is 0 Å². The molecule has 3 heteroatoms. The molecule has 0 unspecified atom stereocenters. The van der Waals surface area contributed by atoms with Crippen LogP contribution in [0.1, 0.15) is 12.5 Å². The van der Waals surface area contributed by atoms with Crippen molar-refractivity contribution in [2.24, 2.45) is 0 Å². The molecule has 15 heavy (non-hydrogen) atoms. The minimum atomic E-state index is 0.0215. The number of benzene rings is 1. The van der Waals surface area contributed by atoms with E-state index in [9.17, 15) is 4.79 Å². The van der Waals surface area contributed by atoms with E-state index in [2.05, 4.69) is 18.3 Å². The predicted octanol–water partition coefficient (Wildman–Crippen LogP) is 1.75. The lowest BCUT2D eigenvalue weighted by Gasteiger charge is -2.10. The number of likely N-dealkylation sites (N-methyl/N-ethyl adjacent to an activating group) is 1. The molecule has 0 heterocycles. The molecule has 0 aliphatic heterocycles. The molecule has 1 rings (SSSR count). The van der Waals surface area contributed by atoms with Gasteiger partial charge in [0.1, 0.15) is 0 Å². The van der Waals surface area contributed by atoms with Gasteiger partial charge in [-0.05, 0) is 38.2 Å². The highest BCUT2D eigenvalue weighted by Crippen LogP contribution is 2.10. The van der Waals surface area contributed by atoms with Gasteiger partial charge in [-0.3, -0.25) is 4.79 Å². The number of nitrogens with zero attached hydrogens (tertiary/aromatic N) is 1. The summed E-state index contributed by atoms with van der Waals surface area (Å²) in [5, 5.41) is 2.87. The SMILES string of the molecule is CCc1cccc(NC(=O)CN(C)C)c1. The fourth-order valence-corrected chi connectivity index (χ4v) is 1.36. The zero-order valence-corrected chi connectivity index (χ0v) is 9.58. The monoisotopic (exact) mass is 206 g/mol. The zero-order chi connectivity index (χ0) is 11.3. The molecule has 0 bridgehead atoms. The van der Waals surface area contributed by atoms with Gasteiger partial charge >= 0.3 is 0 Å². The molecule has 82 valence electrons. The van der Waals surface area contributed by atoms with Crippen molar-refractivity contribution < 1.29 is 4.79 Å². The molecule has 3 nitrogen and oxygen atoms in total. The summed E-state index contributed by atoms with van der Waals surface area (Å²) in [5.41, 5.74) is 2.11. The summed E-state index contributed by atoms with van der Waals surface area (Å²) in [4.78, 5) is 13.3. The highest BCUT2D eigenvalue weighted by molar-refractivity contribution is 5.92. The van der Waals surface area contributed by atoms with E-state index in [1.165, 1.54) is 5.56 Å². The quantitative estimate of drug-likeness (QED) is 0.814. The Balaban J connectivity index is 2.60. The van der Waals surface area contributed by atoms with Crippen LogP contribution >= 0.6 is 0 Å². The smallest absolute Gasteiger partial charge is 0.238 e. The lowest BCUT2D eigenvalue weighted by molar-refractivity contribution is -0.116. The van der Waals surface area contributed by atoms with Crippen molar-refractivity contribution in [2.45, 2.75) is 13.3 Å². The number of amides is 1. The van der Waals surface area contributed by atoms with Gasteiger partial charge in [-0.25, -0.2) is 0 Å². The van der Waals surface area contributed by atoms with Crippen molar-refractivity contribution in [3.63, 3.8) is 0 Å². The molecule has 0 spiro atoms. The van der Waals surface area contributed by atoms with Gasteiger partial charge in [0.2, 0.25) is 5.91 Å². The number of hydrogen-bond donors (Lipinski definition) is 1. The minimum Gasteiger partial charge on any atom is -0.325 e. The van der Waals surface area contributed by atoms with Crippen LogP contribution in [0.5, 0.6) is 0 Å². The van der Waals surface area contributed by atoms with E-state index in [4.69, 9.17) is 0 Å². The summed E-state index contributed by atoms with van der Waals surface area (Å²) < 4.78 is 0. The first-order valence-corrected chi connectivity index (χ1v) is 5.15. The number of carbonyl (C=O) groups is 1. The van der Waals surface area contributed by atoms with Crippen molar-refractivity contribution in [3.05, 3.63) is 29.8 Å². The molecule has 0 saturated heterocycles. The molecule has 1 N–H and O–H groups in total. The molecule has 0 radical (unpaired) electrons. The lowest BCUT2D eigenvalue weighted by atomic mass is 10.1. The van der Waals surface area contributed by atoms with Gasteiger partial charge in [-0.1, -0.05) is 19.1 Å². The van der Waals surface area contributed by atoms with Crippen LogP contribution in [0.25, 0.3) is 0 Å². The maximum atomic E-state index is 11.5. The van der Waals surface area contributed by atoms with E-state index in [0.29, 0.717) is 6.54 Å². The van der Waals surface area contributed by atoms with E-state index in [-0.39, 0.29) is 5.91 Å². The summed E-state index contributed by atoms with van der Waals surface area (Å²) in [5.74, 6) is 0.0215. The van der Waals surface area contributed by atoms with Crippen molar-refractivity contribution in [1.29, 1.82) is 0 Å². The molecule has 1 aromatic carbocycles. The molecule has 1 amide bonds. The van der Waals surface area contributed by atoms with Crippen molar-refractivity contribution >= 4 is 11.6 Å². The number of rotatable bonds is 4. The van der Waals surface area contributed by atoms with E-state index >= 15 is 0 Å². The second-order valence-corrected chi connectivity index (χ2v) is 3.84. The number of nitrogens with one attached hydrogen (secondary N) is 1. The summed E-state index contributed by atoms with van der Waals surface area (Å²) in [6, 6.07) is 7.94. The van der Waals surface area contributed by atoms with Gasteiger partial charge in [0.05, 0.1) is 6.54 Å². The third kappa shape index (κ3) is 4.13. The minimum absolute atomic E-state index is 0.0215. The Morgan fingerprint density at radius 1 is 1.40 bits per heavy atom. The van der Waals surface area contributed by atoms with Crippen LogP contribution in [0.3, 0.4) is 0 Å². The van der Waals surface area contributed by atoms with E-state index in [1.54, 1.807) is 0 Å². The number of anilines is 1. The Bertz CT molecular complexity index is 334. The summed E-state index contributed by atoms with van der Waals surface area (Å²) >= 11 is 0. The molecule has 0 aliphatic carbocycles. The maximum absolute atomic E-state index is 11.5. The third-order valence-electron chi connectivity index (χ3n) is 2.08. The highest BCUT2D eigenvalue weighted by atomic mass is 16.2. The topological polar surface area (TPSA) is 32.3 Å². The molecular weight excluding hydrogens is 188 g/mol. The largest absolute Gasteiger partial charge is 0.325 e. The summed E-state index contributed by atoms with van der Waals surface area (Å²) in [6.45, 7) is 2.51. The average Bonchev–Trinajstić information content (AvgIpc) is 2.16. The van der Waals surface area contributed by atoms with E-state index in [1.807, 2.05) is 37.2 Å². The van der Waals surface area contributed by atoms with Crippen LogP contribution < -0.4 is 5.32 Å². The van der Waals surface area contributed by atoms with Gasteiger partial charge in [-0.2, -0.15) is 0 Å². The average molecular weight is 206 g/mol. The zero-order valence-electron chi connectivity index (χ0n) is 9.58. The predicted molar refractivity (Wildman–Crippen MR) is 63.0 cm³/mol. The molecule has 0 atom stereocenters. The first kappa shape index (κ1) is 11.7. The van der Waals surface area contributed by atoms with Gasteiger partial charge < -0.3 is 10.2 Å².